The summed E-state index contributed by atoms with van der Waals surface area (Å²) in [5.74, 6) is -2.02. The highest BCUT2D eigenvalue weighted by Crippen LogP contribution is 2.25. The summed E-state index contributed by atoms with van der Waals surface area (Å²) in [5.41, 5.74) is 2.36. The maximum atomic E-state index is 13.5. The van der Waals surface area contributed by atoms with E-state index in [4.69, 9.17) is 0 Å². The first-order valence-electron chi connectivity index (χ1n) is 7.58. The predicted octanol–water partition coefficient (Wildman–Crippen LogP) is 5.13. The summed E-state index contributed by atoms with van der Waals surface area (Å²) < 4.78 is 53.3. The Kier molecular flexibility index (Phi) is 6.27. The van der Waals surface area contributed by atoms with Crippen LogP contribution in [0.4, 0.5) is 17.6 Å². The number of hydrogen-bond acceptors (Lipinski definition) is 3. The molecule has 0 aromatic heterocycles. The number of ether oxygens (including phenoxy) is 1. The molecule has 0 unspecified atom stereocenters. The standard InChI is InChI=1S/C18H16F4N2O/c1-2-3-13-4-6-14(7-5-13)11-23-24-12-15-8-9-17(16(19)10-15)25-18(20,21)22/h4-12H,2-3H2,1H3. The van der Waals surface area contributed by atoms with Crippen molar-refractivity contribution >= 4 is 12.4 Å². The normalized spacial score (nSPS) is 12.2. The lowest BCUT2D eigenvalue weighted by molar-refractivity contribution is -0.275. The first-order valence-corrected chi connectivity index (χ1v) is 7.58. The van der Waals surface area contributed by atoms with Gasteiger partial charge in [0.1, 0.15) is 0 Å². The molecule has 0 atom stereocenters. The number of aryl methyl sites for hydroxylation is 1. The van der Waals surface area contributed by atoms with E-state index >= 15 is 0 Å². The van der Waals surface area contributed by atoms with Gasteiger partial charge in [-0.2, -0.15) is 10.2 Å². The van der Waals surface area contributed by atoms with Gasteiger partial charge in [0.05, 0.1) is 12.4 Å². The first-order chi connectivity index (χ1) is 11.9. The molecule has 0 aliphatic carbocycles. The average molecular weight is 352 g/mol. The Balaban J connectivity index is 1.98. The van der Waals surface area contributed by atoms with Crippen LogP contribution in [0.15, 0.2) is 52.7 Å². The van der Waals surface area contributed by atoms with Gasteiger partial charge < -0.3 is 4.74 Å². The molecule has 0 saturated heterocycles. The Morgan fingerprint density at radius 1 is 0.960 bits per heavy atom. The number of rotatable bonds is 6. The molecule has 0 amide bonds. The van der Waals surface area contributed by atoms with Crippen LogP contribution in [-0.4, -0.2) is 18.8 Å². The van der Waals surface area contributed by atoms with Crippen molar-refractivity contribution in [2.45, 2.75) is 26.1 Å². The van der Waals surface area contributed by atoms with E-state index in [9.17, 15) is 17.6 Å². The van der Waals surface area contributed by atoms with E-state index in [0.29, 0.717) is 0 Å². The van der Waals surface area contributed by atoms with Crippen molar-refractivity contribution in [3.8, 4) is 5.75 Å². The highest BCUT2D eigenvalue weighted by Gasteiger charge is 2.32. The van der Waals surface area contributed by atoms with Crippen LogP contribution in [-0.2, 0) is 6.42 Å². The van der Waals surface area contributed by atoms with Gasteiger partial charge in [-0.1, -0.05) is 37.6 Å². The molecule has 2 aromatic rings. The fraction of sp³-hybridized carbons (Fsp3) is 0.222. The fourth-order valence-corrected chi connectivity index (χ4v) is 2.06. The second-order valence-corrected chi connectivity index (χ2v) is 5.22. The van der Waals surface area contributed by atoms with E-state index in [1.165, 1.54) is 24.1 Å². The van der Waals surface area contributed by atoms with Crippen LogP contribution in [0.25, 0.3) is 0 Å². The van der Waals surface area contributed by atoms with Crippen LogP contribution < -0.4 is 4.74 Å². The Labute approximate surface area is 142 Å². The summed E-state index contributed by atoms with van der Waals surface area (Å²) in [6.45, 7) is 2.11. The lowest BCUT2D eigenvalue weighted by Crippen LogP contribution is -2.18. The van der Waals surface area contributed by atoms with Crippen LogP contribution in [0.2, 0.25) is 0 Å². The molecule has 3 nitrogen and oxygen atoms in total. The van der Waals surface area contributed by atoms with Crippen LogP contribution in [0.1, 0.15) is 30.0 Å². The van der Waals surface area contributed by atoms with E-state index in [2.05, 4.69) is 21.9 Å². The molecule has 0 bridgehead atoms. The highest BCUT2D eigenvalue weighted by molar-refractivity contribution is 5.82. The third kappa shape index (κ3) is 6.37. The summed E-state index contributed by atoms with van der Waals surface area (Å²) in [6.07, 6.45) is -0.0875. The lowest BCUT2D eigenvalue weighted by atomic mass is 10.1. The van der Waals surface area contributed by atoms with E-state index in [1.807, 2.05) is 24.3 Å². The quantitative estimate of drug-likeness (QED) is 0.403. The smallest absolute Gasteiger partial charge is 0.403 e. The van der Waals surface area contributed by atoms with Crippen LogP contribution >= 0.6 is 0 Å². The predicted molar refractivity (Wildman–Crippen MR) is 88.7 cm³/mol. The molecule has 0 aliphatic heterocycles. The number of nitrogens with zero attached hydrogens (tertiary/aromatic N) is 2. The van der Waals surface area contributed by atoms with E-state index in [1.54, 1.807) is 0 Å². The van der Waals surface area contributed by atoms with Gasteiger partial charge in [-0.15, -0.1) is 13.2 Å². The molecule has 0 N–H and O–H groups in total. The second-order valence-electron chi connectivity index (χ2n) is 5.22. The van der Waals surface area contributed by atoms with Crippen LogP contribution in [0.3, 0.4) is 0 Å². The van der Waals surface area contributed by atoms with Gasteiger partial charge in [-0.05, 0) is 41.3 Å². The number of halogens is 4. The van der Waals surface area contributed by atoms with Crippen LogP contribution in [0, 0.1) is 5.82 Å². The molecule has 2 rings (SSSR count). The monoisotopic (exact) mass is 352 g/mol. The van der Waals surface area contributed by atoms with Gasteiger partial charge in [0, 0.05) is 0 Å². The summed E-state index contributed by atoms with van der Waals surface area (Å²) in [4.78, 5) is 0. The molecular formula is C18H16F4N2O. The van der Waals surface area contributed by atoms with Gasteiger partial charge in [-0.25, -0.2) is 4.39 Å². The van der Waals surface area contributed by atoms with Gasteiger partial charge in [0.15, 0.2) is 11.6 Å². The highest BCUT2D eigenvalue weighted by atomic mass is 19.4. The summed E-state index contributed by atoms with van der Waals surface area (Å²) in [7, 11) is 0. The zero-order chi connectivity index (χ0) is 18.3. The minimum atomic E-state index is -4.94. The van der Waals surface area contributed by atoms with Crippen molar-refractivity contribution in [2.75, 3.05) is 0 Å². The van der Waals surface area contributed by atoms with Crippen molar-refractivity contribution < 1.29 is 22.3 Å². The molecule has 0 fully saturated rings. The molecule has 0 radical (unpaired) electrons. The summed E-state index contributed by atoms with van der Waals surface area (Å²) >= 11 is 0. The van der Waals surface area contributed by atoms with E-state index in [0.717, 1.165) is 30.5 Å². The molecule has 0 aliphatic rings. The summed E-state index contributed by atoms with van der Waals surface area (Å²) in [6, 6.07) is 10.9. The van der Waals surface area contributed by atoms with Crippen molar-refractivity contribution in [1.29, 1.82) is 0 Å². The lowest BCUT2D eigenvalue weighted by Gasteiger charge is -2.09. The minimum absolute atomic E-state index is 0.266. The van der Waals surface area contributed by atoms with Gasteiger partial charge in [0.25, 0.3) is 0 Å². The van der Waals surface area contributed by atoms with E-state index < -0.39 is 17.9 Å². The van der Waals surface area contributed by atoms with Crippen molar-refractivity contribution in [1.82, 2.24) is 0 Å². The van der Waals surface area contributed by atoms with Crippen LogP contribution in [0.5, 0.6) is 5.75 Å². The third-order valence-corrected chi connectivity index (χ3v) is 3.18. The molecule has 25 heavy (non-hydrogen) atoms. The largest absolute Gasteiger partial charge is 0.573 e. The maximum Gasteiger partial charge on any atom is 0.573 e. The topological polar surface area (TPSA) is 34.0 Å². The SMILES string of the molecule is CCCc1ccc(C=NN=Cc2ccc(OC(F)(F)F)c(F)c2)cc1. The first kappa shape index (κ1) is 18.6. The Bertz CT molecular complexity index is 753. The molecular weight excluding hydrogens is 336 g/mol. The number of benzene rings is 2. The average Bonchev–Trinajstić information content (AvgIpc) is 2.55. The molecule has 0 spiro atoms. The molecule has 132 valence electrons. The summed E-state index contributed by atoms with van der Waals surface area (Å²) in [5, 5.41) is 7.59. The van der Waals surface area contributed by atoms with Gasteiger partial charge in [0.2, 0.25) is 0 Å². The van der Waals surface area contributed by atoms with Crippen molar-refractivity contribution in [3.63, 3.8) is 0 Å². The third-order valence-electron chi connectivity index (χ3n) is 3.18. The maximum absolute atomic E-state index is 13.5. The molecule has 2 aromatic carbocycles. The number of alkyl halides is 3. The van der Waals surface area contributed by atoms with E-state index in [-0.39, 0.29) is 5.56 Å². The molecule has 0 saturated carbocycles. The Hall–Kier alpha value is -2.70. The zero-order valence-electron chi connectivity index (χ0n) is 13.4. The Morgan fingerprint density at radius 2 is 1.56 bits per heavy atom. The van der Waals surface area contributed by atoms with Crippen molar-refractivity contribution in [3.05, 3.63) is 65.0 Å². The minimum Gasteiger partial charge on any atom is -0.403 e. The molecule has 0 heterocycles. The fourth-order valence-electron chi connectivity index (χ4n) is 2.06. The van der Waals surface area contributed by atoms with Crippen molar-refractivity contribution in [2.24, 2.45) is 10.2 Å². The van der Waals surface area contributed by atoms with Gasteiger partial charge >= 0.3 is 6.36 Å². The second kappa shape index (κ2) is 8.41. The Morgan fingerprint density at radius 3 is 2.12 bits per heavy atom. The number of hydrogen-bond donors (Lipinski definition) is 0. The molecule has 7 heteroatoms. The van der Waals surface area contributed by atoms with Gasteiger partial charge in [-0.3, -0.25) is 0 Å². The zero-order valence-corrected chi connectivity index (χ0v) is 13.4.